The summed E-state index contributed by atoms with van der Waals surface area (Å²) in [6.45, 7) is 1.73. The van der Waals surface area contributed by atoms with Crippen molar-refractivity contribution in [2.75, 3.05) is 19.7 Å². The molecule has 2 nitrogen and oxygen atoms in total. The maximum absolute atomic E-state index is 12.6. The van der Waals surface area contributed by atoms with E-state index in [9.17, 15) is 13.2 Å². The van der Waals surface area contributed by atoms with Crippen LogP contribution in [0, 0.1) is 17.8 Å². The minimum atomic E-state index is -4.05. The highest BCUT2D eigenvalue weighted by Crippen LogP contribution is 2.34. The van der Waals surface area contributed by atoms with E-state index in [1.165, 1.54) is 0 Å². The van der Waals surface area contributed by atoms with Crippen molar-refractivity contribution in [3.05, 3.63) is 21.9 Å². The number of piperidine rings is 1. The van der Waals surface area contributed by atoms with Crippen LogP contribution in [0.2, 0.25) is 0 Å². The zero-order valence-corrected chi connectivity index (χ0v) is 12.4. The second-order valence-corrected chi connectivity index (χ2v) is 6.16. The van der Waals surface area contributed by atoms with Gasteiger partial charge in [-0.2, -0.15) is 13.2 Å². The SMILES string of the molecule is OCCC#Cc1csc(CN2CCC(C(F)(F)F)CC2)c1. The Morgan fingerprint density at radius 1 is 1.33 bits per heavy atom. The highest BCUT2D eigenvalue weighted by atomic mass is 32.1. The van der Waals surface area contributed by atoms with E-state index < -0.39 is 12.1 Å². The van der Waals surface area contributed by atoms with E-state index in [1.807, 2.05) is 11.4 Å². The van der Waals surface area contributed by atoms with Crippen molar-refractivity contribution in [2.24, 2.45) is 5.92 Å². The average molecular weight is 317 g/mol. The van der Waals surface area contributed by atoms with Crippen LogP contribution in [0.4, 0.5) is 13.2 Å². The summed E-state index contributed by atoms with van der Waals surface area (Å²) < 4.78 is 37.8. The molecule has 0 amide bonds. The van der Waals surface area contributed by atoms with E-state index >= 15 is 0 Å². The number of rotatable bonds is 3. The number of hydrogen-bond acceptors (Lipinski definition) is 3. The van der Waals surface area contributed by atoms with Crippen LogP contribution in [0.25, 0.3) is 0 Å². The standard InChI is InChI=1S/C15H18F3NOS/c16-15(17,18)13-4-6-19(7-5-13)10-14-9-12(11-21-14)3-1-2-8-20/h9,11,13,20H,2,4-8,10H2. The fourth-order valence-electron chi connectivity index (χ4n) is 2.39. The molecule has 1 aliphatic heterocycles. The predicted molar refractivity (Wildman–Crippen MR) is 77.0 cm³/mol. The Labute approximate surface area is 126 Å². The molecule has 2 rings (SSSR count). The van der Waals surface area contributed by atoms with Crippen molar-refractivity contribution in [3.8, 4) is 11.8 Å². The van der Waals surface area contributed by atoms with Crippen molar-refractivity contribution in [2.45, 2.75) is 32.0 Å². The monoisotopic (exact) mass is 317 g/mol. The first-order chi connectivity index (χ1) is 9.99. The molecule has 1 fully saturated rings. The molecule has 1 aromatic heterocycles. The largest absolute Gasteiger partial charge is 0.395 e. The third-order valence-electron chi connectivity index (χ3n) is 3.55. The molecule has 0 bridgehead atoms. The molecule has 0 radical (unpaired) electrons. The van der Waals surface area contributed by atoms with E-state index in [4.69, 9.17) is 5.11 Å². The third-order valence-corrected chi connectivity index (χ3v) is 4.47. The molecule has 21 heavy (non-hydrogen) atoms. The third kappa shape index (κ3) is 5.03. The molecule has 0 aliphatic carbocycles. The first kappa shape index (κ1) is 16.3. The smallest absolute Gasteiger partial charge is 0.391 e. The molecule has 0 aromatic carbocycles. The van der Waals surface area contributed by atoms with Crippen LogP contribution < -0.4 is 0 Å². The number of halogens is 3. The van der Waals surface area contributed by atoms with Gasteiger partial charge in [0, 0.05) is 28.8 Å². The number of thiophene rings is 1. The number of alkyl halides is 3. The molecule has 1 aliphatic rings. The molecule has 1 aromatic rings. The van der Waals surface area contributed by atoms with Crippen LogP contribution in [0.15, 0.2) is 11.4 Å². The van der Waals surface area contributed by atoms with Crippen LogP contribution in [-0.2, 0) is 6.54 Å². The second-order valence-electron chi connectivity index (χ2n) is 5.17. The van der Waals surface area contributed by atoms with Crippen molar-refractivity contribution in [3.63, 3.8) is 0 Å². The van der Waals surface area contributed by atoms with Gasteiger partial charge in [0.25, 0.3) is 0 Å². The van der Waals surface area contributed by atoms with E-state index in [2.05, 4.69) is 16.7 Å². The molecule has 0 atom stereocenters. The van der Waals surface area contributed by atoms with Crippen LogP contribution in [0.3, 0.4) is 0 Å². The quantitative estimate of drug-likeness (QED) is 0.865. The minimum Gasteiger partial charge on any atom is -0.395 e. The van der Waals surface area contributed by atoms with Gasteiger partial charge in [-0.3, -0.25) is 4.90 Å². The summed E-state index contributed by atoms with van der Waals surface area (Å²) in [5.41, 5.74) is 0.911. The van der Waals surface area contributed by atoms with E-state index in [0.717, 1.165) is 10.4 Å². The average Bonchev–Trinajstić information content (AvgIpc) is 2.86. The van der Waals surface area contributed by atoms with Crippen molar-refractivity contribution in [1.82, 2.24) is 4.90 Å². The number of aliphatic hydroxyl groups excluding tert-OH is 1. The van der Waals surface area contributed by atoms with Gasteiger partial charge in [-0.1, -0.05) is 11.8 Å². The molecule has 0 saturated carbocycles. The second kappa shape index (κ2) is 7.30. The topological polar surface area (TPSA) is 23.5 Å². The molecule has 6 heteroatoms. The van der Waals surface area contributed by atoms with Crippen LogP contribution >= 0.6 is 11.3 Å². The molecular formula is C15H18F3NOS. The number of hydrogen-bond donors (Lipinski definition) is 1. The fraction of sp³-hybridized carbons (Fsp3) is 0.600. The number of aliphatic hydroxyl groups is 1. The summed E-state index contributed by atoms with van der Waals surface area (Å²) >= 11 is 1.58. The van der Waals surface area contributed by atoms with Gasteiger partial charge in [-0.15, -0.1) is 11.3 Å². The Morgan fingerprint density at radius 2 is 2.05 bits per heavy atom. The van der Waals surface area contributed by atoms with E-state index in [1.54, 1.807) is 11.3 Å². The van der Waals surface area contributed by atoms with E-state index in [-0.39, 0.29) is 19.4 Å². The Morgan fingerprint density at radius 3 is 2.67 bits per heavy atom. The Hall–Kier alpha value is -1.03. The lowest BCUT2D eigenvalue weighted by molar-refractivity contribution is -0.185. The lowest BCUT2D eigenvalue weighted by Gasteiger charge is -2.32. The lowest BCUT2D eigenvalue weighted by Crippen LogP contribution is -2.38. The highest BCUT2D eigenvalue weighted by Gasteiger charge is 2.40. The maximum Gasteiger partial charge on any atom is 0.391 e. The number of nitrogens with zero attached hydrogens (tertiary/aromatic N) is 1. The number of likely N-dealkylation sites (tertiary alicyclic amines) is 1. The summed E-state index contributed by atoms with van der Waals surface area (Å²) in [5.74, 6) is 4.68. The molecule has 0 spiro atoms. The summed E-state index contributed by atoms with van der Waals surface area (Å²) in [6.07, 6.45) is -3.21. The van der Waals surface area contributed by atoms with Crippen LogP contribution in [0.1, 0.15) is 29.7 Å². The summed E-state index contributed by atoms with van der Waals surface area (Å²) in [4.78, 5) is 3.19. The minimum absolute atomic E-state index is 0.0537. The van der Waals surface area contributed by atoms with Crippen molar-refractivity contribution >= 4 is 11.3 Å². The fourth-order valence-corrected chi connectivity index (χ4v) is 3.25. The highest BCUT2D eigenvalue weighted by molar-refractivity contribution is 7.10. The molecular weight excluding hydrogens is 299 g/mol. The van der Waals surface area contributed by atoms with Gasteiger partial charge in [-0.25, -0.2) is 0 Å². The molecule has 1 N–H and O–H groups in total. The van der Waals surface area contributed by atoms with Crippen molar-refractivity contribution < 1.29 is 18.3 Å². The maximum atomic E-state index is 12.6. The van der Waals surface area contributed by atoms with Gasteiger partial charge in [0.05, 0.1) is 12.5 Å². The van der Waals surface area contributed by atoms with Crippen molar-refractivity contribution in [1.29, 1.82) is 0 Å². The Bertz CT molecular complexity index is 507. The Kier molecular flexibility index (Phi) is 5.68. The Balaban J connectivity index is 1.83. The first-order valence-corrected chi connectivity index (χ1v) is 7.83. The van der Waals surface area contributed by atoms with Gasteiger partial charge in [0.1, 0.15) is 0 Å². The molecule has 2 heterocycles. The molecule has 0 unspecified atom stereocenters. The van der Waals surface area contributed by atoms with Crippen LogP contribution in [0.5, 0.6) is 0 Å². The zero-order chi connectivity index (χ0) is 15.3. The van der Waals surface area contributed by atoms with Gasteiger partial charge in [0.2, 0.25) is 0 Å². The lowest BCUT2D eigenvalue weighted by atomic mass is 9.96. The van der Waals surface area contributed by atoms with Gasteiger partial charge >= 0.3 is 6.18 Å². The molecule has 1 saturated heterocycles. The van der Waals surface area contributed by atoms with E-state index in [0.29, 0.717) is 26.1 Å². The van der Waals surface area contributed by atoms with Gasteiger partial charge in [-0.05, 0) is 32.0 Å². The van der Waals surface area contributed by atoms with Crippen LogP contribution in [-0.4, -0.2) is 35.9 Å². The first-order valence-electron chi connectivity index (χ1n) is 6.95. The normalized spacial score (nSPS) is 17.5. The summed E-state index contributed by atoms with van der Waals surface area (Å²) in [7, 11) is 0. The zero-order valence-electron chi connectivity index (χ0n) is 11.6. The van der Waals surface area contributed by atoms with Gasteiger partial charge < -0.3 is 5.11 Å². The summed E-state index contributed by atoms with van der Waals surface area (Å²) in [5, 5.41) is 10.6. The van der Waals surface area contributed by atoms with Gasteiger partial charge in [0.15, 0.2) is 0 Å². The molecule has 116 valence electrons. The predicted octanol–water partition coefficient (Wildman–Crippen LogP) is 3.26. The summed E-state index contributed by atoms with van der Waals surface area (Å²) in [6, 6.07) is 1.98.